The summed E-state index contributed by atoms with van der Waals surface area (Å²) in [5, 5.41) is 6.01. The van der Waals surface area contributed by atoms with E-state index in [0.717, 1.165) is 24.2 Å². The first-order valence-corrected chi connectivity index (χ1v) is 8.01. The quantitative estimate of drug-likeness (QED) is 0.720. The fourth-order valence-corrected chi connectivity index (χ4v) is 2.21. The predicted molar refractivity (Wildman–Crippen MR) is 101 cm³/mol. The Morgan fingerprint density at radius 3 is 2.25 bits per heavy atom. The standard InChI is InChI=1S/C19H24N2O2.ClH/c1-3-20-13-14-21-19(22)15(2)23-18-11-9-17(10-12-18)16-7-5-4-6-8-16;/h4-12,15,20H,3,13-14H2,1-2H3,(H,21,22);1H. The lowest BCUT2D eigenvalue weighted by Crippen LogP contribution is -2.39. The highest BCUT2D eigenvalue weighted by atomic mass is 35.5. The number of nitrogens with one attached hydrogen (secondary N) is 2. The number of halogens is 1. The largest absolute Gasteiger partial charge is 0.481 e. The van der Waals surface area contributed by atoms with E-state index in [-0.39, 0.29) is 18.3 Å². The number of likely N-dealkylation sites (N-methyl/N-ethyl adjacent to an activating group) is 1. The zero-order valence-electron chi connectivity index (χ0n) is 14.1. The molecule has 2 N–H and O–H groups in total. The second kappa shape index (κ2) is 10.7. The van der Waals surface area contributed by atoms with Gasteiger partial charge in [0.15, 0.2) is 6.10 Å². The van der Waals surface area contributed by atoms with Crippen LogP contribution in [0.3, 0.4) is 0 Å². The molecular formula is C19H25ClN2O2. The lowest BCUT2D eigenvalue weighted by atomic mass is 10.1. The average Bonchev–Trinajstić information content (AvgIpc) is 2.60. The highest BCUT2D eigenvalue weighted by molar-refractivity contribution is 5.85. The molecule has 1 amide bonds. The summed E-state index contributed by atoms with van der Waals surface area (Å²) in [7, 11) is 0. The molecule has 2 aromatic rings. The summed E-state index contributed by atoms with van der Waals surface area (Å²) in [5.41, 5.74) is 2.29. The van der Waals surface area contributed by atoms with Crippen molar-refractivity contribution in [2.75, 3.05) is 19.6 Å². The molecule has 0 aliphatic carbocycles. The number of hydrogen-bond donors (Lipinski definition) is 2. The number of benzene rings is 2. The van der Waals surface area contributed by atoms with Gasteiger partial charge in [0, 0.05) is 13.1 Å². The molecule has 1 atom stereocenters. The Morgan fingerprint density at radius 2 is 1.62 bits per heavy atom. The van der Waals surface area contributed by atoms with E-state index in [2.05, 4.69) is 22.8 Å². The third kappa shape index (κ3) is 6.22. The molecule has 4 nitrogen and oxygen atoms in total. The van der Waals surface area contributed by atoms with E-state index in [1.165, 1.54) is 0 Å². The van der Waals surface area contributed by atoms with Gasteiger partial charge in [-0.3, -0.25) is 4.79 Å². The van der Waals surface area contributed by atoms with Crippen LogP contribution in [0.25, 0.3) is 11.1 Å². The van der Waals surface area contributed by atoms with Crippen LogP contribution in [0.4, 0.5) is 0 Å². The Hall–Kier alpha value is -2.04. The van der Waals surface area contributed by atoms with Crippen LogP contribution in [-0.4, -0.2) is 31.6 Å². The van der Waals surface area contributed by atoms with Crippen LogP contribution in [-0.2, 0) is 4.79 Å². The van der Waals surface area contributed by atoms with Crippen molar-refractivity contribution in [3.05, 3.63) is 54.6 Å². The van der Waals surface area contributed by atoms with E-state index in [4.69, 9.17) is 4.74 Å². The van der Waals surface area contributed by atoms with Gasteiger partial charge >= 0.3 is 0 Å². The molecule has 0 aliphatic rings. The molecule has 5 heteroatoms. The Labute approximate surface area is 150 Å². The van der Waals surface area contributed by atoms with E-state index >= 15 is 0 Å². The second-order valence-corrected chi connectivity index (χ2v) is 5.30. The smallest absolute Gasteiger partial charge is 0.260 e. The van der Waals surface area contributed by atoms with Crippen molar-refractivity contribution in [3.63, 3.8) is 0 Å². The molecule has 0 radical (unpaired) electrons. The van der Waals surface area contributed by atoms with Crippen molar-refractivity contribution in [2.24, 2.45) is 0 Å². The molecule has 0 fully saturated rings. The molecule has 2 rings (SSSR count). The molecule has 0 spiro atoms. The number of carbonyl (C=O) groups is 1. The van der Waals surface area contributed by atoms with Crippen LogP contribution >= 0.6 is 12.4 Å². The van der Waals surface area contributed by atoms with Crippen molar-refractivity contribution in [2.45, 2.75) is 20.0 Å². The van der Waals surface area contributed by atoms with Gasteiger partial charge in [-0.15, -0.1) is 12.4 Å². The number of rotatable bonds is 8. The minimum Gasteiger partial charge on any atom is -0.481 e. The van der Waals surface area contributed by atoms with Crippen molar-refractivity contribution >= 4 is 18.3 Å². The molecule has 24 heavy (non-hydrogen) atoms. The summed E-state index contributed by atoms with van der Waals surface area (Å²) >= 11 is 0. The molecule has 0 saturated heterocycles. The van der Waals surface area contributed by atoms with Gasteiger partial charge in [0.2, 0.25) is 0 Å². The van der Waals surface area contributed by atoms with E-state index in [0.29, 0.717) is 12.3 Å². The summed E-state index contributed by atoms with van der Waals surface area (Å²) in [6.45, 7) is 6.06. The van der Waals surface area contributed by atoms with E-state index in [1.807, 2.05) is 49.4 Å². The average molecular weight is 349 g/mol. The summed E-state index contributed by atoms with van der Waals surface area (Å²) in [6, 6.07) is 17.9. The Balaban J connectivity index is 0.00000288. The van der Waals surface area contributed by atoms with Gasteiger partial charge in [-0.25, -0.2) is 0 Å². The summed E-state index contributed by atoms with van der Waals surface area (Å²) < 4.78 is 5.69. The number of amides is 1. The Kier molecular flexibility index (Phi) is 8.90. The molecular weight excluding hydrogens is 324 g/mol. The number of ether oxygens (including phenoxy) is 1. The van der Waals surface area contributed by atoms with Crippen molar-refractivity contribution in [3.8, 4) is 16.9 Å². The predicted octanol–water partition coefficient (Wildman–Crippen LogP) is 3.27. The zero-order valence-corrected chi connectivity index (χ0v) is 14.9. The van der Waals surface area contributed by atoms with E-state index in [1.54, 1.807) is 6.92 Å². The highest BCUT2D eigenvalue weighted by Gasteiger charge is 2.13. The van der Waals surface area contributed by atoms with Crippen molar-refractivity contribution in [1.29, 1.82) is 0 Å². The monoisotopic (exact) mass is 348 g/mol. The maximum absolute atomic E-state index is 11.9. The minimum absolute atomic E-state index is 0. The fraction of sp³-hybridized carbons (Fsp3) is 0.316. The molecule has 0 bridgehead atoms. The molecule has 130 valence electrons. The topological polar surface area (TPSA) is 50.4 Å². The van der Waals surface area contributed by atoms with Crippen LogP contribution in [0, 0.1) is 0 Å². The van der Waals surface area contributed by atoms with Gasteiger partial charge in [0.1, 0.15) is 5.75 Å². The lowest BCUT2D eigenvalue weighted by molar-refractivity contribution is -0.127. The highest BCUT2D eigenvalue weighted by Crippen LogP contribution is 2.22. The zero-order chi connectivity index (χ0) is 16.5. The first kappa shape index (κ1) is 20.0. The first-order chi connectivity index (χ1) is 11.2. The van der Waals surface area contributed by atoms with Gasteiger partial charge in [-0.2, -0.15) is 0 Å². The van der Waals surface area contributed by atoms with Crippen molar-refractivity contribution < 1.29 is 9.53 Å². The molecule has 0 saturated carbocycles. The van der Waals surface area contributed by atoms with Gasteiger partial charge in [0.05, 0.1) is 0 Å². The number of hydrogen-bond acceptors (Lipinski definition) is 3. The third-order valence-corrected chi connectivity index (χ3v) is 3.49. The van der Waals surface area contributed by atoms with E-state index < -0.39 is 6.10 Å². The van der Waals surface area contributed by atoms with Gasteiger partial charge in [0.25, 0.3) is 5.91 Å². The third-order valence-electron chi connectivity index (χ3n) is 3.49. The van der Waals surface area contributed by atoms with Crippen LogP contribution in [0.2, 0.25) is 0 Å². The second-order valence-electron chi connectivity index (χ2n) is 5.30. The van der Waals surface area contributed by atoms with Crippen LogP contribution in [0.15, 0.2) is 54.6 Å². The maximum Gasteiger partial charge on any atom is 0.260 e. The molecule has 0 aromatic heterocycles. The van der Waals surface area contributed by atoms with Crippen LogP contribution in [0.1, 0.15) is 13.8 Å². The maximum atomic E-state index is 11.9. The summed E-state index contributed by atoms with van der Waals surface area (Å²) in [6.07, 6.45) is -0.515. The lowest BCUT2D eigenvalue weighted by Gasteiger charge is -2.15. The van der Waals surface area contributed by atoms with E-state index in [9.17, 15) is 4.79 Å². The van der Waals surface area contributed by atoms with Gasteiger partial charge in [-0.05, 0) is 36.7 Å². The fourth-order valence-electron chi connectivity index (χ4n) is 2.21. The first-order valence-electron chi connectivity index (χ1n) is 8.01. The summed E-state index contributed by atoms with van der Waals surface area (Å²) in [5.74, 6) is 0.592. The Bertz CT molecular complexity index is 603. The van der Waals surface area contributed by atoms with Crippen LogP contribution in [0.5, 0.6) is 5.75 Å². The van der Waals surface area contributed by atoms with Gasteiger partial charge < -0.3 is 15.4 Å². The minimum atomic E-state index is -0.515. The molecule has 0 aliphatic heterocycles. The molecule has 2 aromatic carbocycles. The SMILES string of the molecule is CCNCCNC(=O)C(C)Oc1ccc(-c2ccccc2)cc1.Cl. The normalized spacial score (nSPS) is 11.2. The molecule has 0 heterocycles. The van der Waals surface area contributed by atoms with Gasteiger partial charge in [-0.1, -0.05) is 49.4 Å². The Morgan fingerprint density at radius 1 is 1.00 bits per heavy atom. The summed E-state index contributed by atoms with van der Waals surface area (Å²) in [4.78, 5) is 11.9. The van der Waals surface area contributed by atoms with Crippen LogP contribution < -0.4 is 15.4 Å². The number of carbonyl (C=O) groups excluding carboxylic acids is 1. The van der Waals surface area contributed by atoms with Crippen molar-refractivity contribution in [1.82, 2.24) is 10.6 Å². The molecule has 1 unspecified atom stereocenters.